The van der Waals surface area contributed by atoms with E-state index >= 15 is 0 Å². The molecule has 0 aliphatic heterocycles. The summed E-state index contributed by atoms with van der Waals surface area (Å²) in [6, 6.07) is 19.5. The minimum absolute atomic E-state index is 0. The molecule has 0 saturated heterocycles. The van der Waals surface area contributed by atoms with Crippen molar-refractivity contribution in [2.75, 3.05) is 0 Å². The molecule has 1 unspecified atom stereocenters. The van der Waals surface area contributed by atoms with Crippen LogP contribution in [0.15, 0.2) is 69.5 Å². The average molecular weight is 809 g/mol. The zero-order chi connectivity index (χ0) is 36.9. The Morgan fingerprint density at radius 1 is 0.647 bits per heavy atom. The van der Waals surface area contributed by atoms with Crippen LogP contribution in [-0.2, 0) is 46.4 Å². The second kappa shape index (κ2) is 13.6. The van der Waals surface area contributed by atoms with E-state index in [1.807, 2.05) is 0 Å². The van der Waals surface area contributed by atoms with Crippen LogP contribution in [-0.4, -0.2) is 4.21 Å². The van der Waals surface area contributed by atoms with Crippen molar-refractivity contribution in [3.8, 4) is 11.1 Å². The van der Waals surface area contributed by atoms with Crippen molar-refractivity contribution >= 4 is 35.6 Å². The summed E-state index contributed by atoms with van der Waals surface area (Å²) in [6.07, 6.45) is 7.34. The molecular formula is C48H70Cl2Zr. The fraction of sp³-hybridized carbons (Fsp3) is 0.521. The Balaban J connectivity index is 0.00000351. The summed E-state index contributed by atoms with van der Waals surface area (Å²) in [4.78, 5) is 0. The Bertz CT molecular complexity index is 1930. The topological polar surface area (TPSA) is 0 Å². The standard InChI is InChI=1S/C29H41.C11H17.C6H5.CH3.CH2.2ClH.Zr/c1-26(2,3)22-14-18-13-19-15-23(27(4,5)6)25(29(10,11)12)17-21(19)20(18)16-24(22)28(7,8)9;1-5-9-6-7-10(8-9)11(2,3)4;1-2-4-6-5-3-1;;;;;/h14,16-17H,13H2,1-12H3;7-9H,5H2,1-4H3;1-5H;1H3;1H2;2*1H;. The molecule has 3 aromatic carbocycles. The quantitative estimate of drug-likeness (QED) is 0.193. The van der Waals surface area contributed by atoms with E-state index in [-0.39, 0.29) is 51.9 Å². The SMILES string of the molecule is Cl.Cl.[CH2]=[Zr]([CH3])([C]1=CC(C(C)(C)C)=CC1CC)([c]1ccccc1)[c]1c2c(cc(C(C)(C)C)c1C(C)(C)C)-c1cc(C(C)(C)C)c(C(C)(C)C)cc1C2. The van der Waals surface area contributed by atoms with Crippen molar-refractivity contribution < 1.29 is 18.3 Å². The molecule has 0 saturated carbocycles. The van der Waals surface area contributed by atoms with Gasteiger partial charge < -0.3 is 0 Å². The Kier molecular flexibility index (Phi) is 11.7. The van der Waals surface area contributed by atoms with Crippen molar-refractivity contribution in [3.63, 3.8) is 0 Å². The maximum atomic E-state index is 5.80. The monoisotopic (exact) mass is 806 g/mol. The Labute approximate surface area is 326 Å². The summed E-state index contributed by atoms with van der Waals surface area (Å²) in [7, 11) is 0. The molecule has 3 heteroatoms. The van der Waals surface area contributed by atoms with Gasteiger partial charge in [0, 0.05) is 0 Å². The summed E-state index contributed by atoms with van der Waals surface area (Å²) >= 11 is -4.66. The molecule has 280 valence electrons. The molecule has 0 N–H and O–H groups in total. The third kappa shape index (κ3) is 7.46. The van der Waals surface area contributed by atoms with Crippen LogP contribution in [0.5, 0.6) is 0 Å². The van der Waals surface area contributed by atoms with Gasteiger partial charge in [0.05, 0.1) is 0 Å². The van der Waals surface area contributed by atoms with E-state index in [4.69, 9.17) is 4.21 Å². The minimum atomic E-state index is -4.66. The van der Waals surface area contributed by atoms with Crippen LogP contribution in [0, 0.1) is 11.3 Å². The van der Waals surface area contributed by atoms with Crippen LogP contribution in [0.4, 0.5) is 0 Å². The Morgan fingerprint density at radius 3 is 1.59 bits per heavy atom. The predicted molar refractivity (Wildman–Crippen MR) is 232 cm³/mol. The molecule has 1 atom stereocenters. The van der Waals surface area contributed by atoms with Gasteiger partial charge in [-0.05, 0) is 0 Å². The van der Waals surface area contributed by atoms with Crippen LogP contribution in [0.25, 0.3) is 11.1 Å². The van der Waals surface area contributed by atoms with Gasteiger partial charge in [-0.1, -0.05) is 0 Å². The van der Waals surface area contributed by atoms with Crippen LogP contribution in [0.2, 0.25) is 4.63 Å². The molecule has 2 aliphatic carbocycles. The summed E-state index contributed by atoms with van der Waals surface area (Å²) < 4.78 is 13.3. The second-order valence-electron chi connectivity index (χ2n) is 21.3. The first-order chi connectivity index (χ1) is 22.1. The van der Waals surface area contributed by atoms with Crippen molar-refractivity contribution in [3.05, 3.63) is 103 Å². The van der Waals surface area contributed by atoms with Crippen LogP contribution >= 0.6 is 24.8 Å². The summed E-state index contributed by atoms with van der Waals surface area (Å²) in [6.45, 7) is 38.5. The van der Waals surface area contributed by atoms with E-state index in [9.17, 15) is 0 Å². The normalized spacial score (nSPS) is 16.9. The molecule has 0 nitrogen and oxygen atoms in total. The third-order valence-electron chi connectivity index (χ3n) is 11.9. The van der Waals surface area contributed by atoms with Crippen molar-refractivity contribution in [2.24, 2.45) is 11.3 Å². The van der Waals surface area contributed by atoms with E-state index in [1.54, 1.807) is 17.7 Å². The van der Waals surface area contributed by atoms with Gasteiger partial charge in [0.2, 0.25) is 0 Å². The summed E-state index contributed by atoms with van der Waals surface area (Å²) in [5.41, 5.74) is 13.6. The number of fused-ring (bicyclic) bond motifs is 3. The average Bonchev–Trinajstić information content (AvgIpc) is 3.57. The molecular weight excluding hydrogens is 739 g/mol. The van der Waals surface area contributed by atoms with E-state index in [1.165, 1.54) is 42.2 Å². The molecule has 51 heavy (non-hydrogen) atoms. The molecule has 3 aromatic rings. The fourth-order valence-electron chi connectivity index (χ4n) is 9.21. The Morgan fingerprint density at radius 2 is 1.14 bits per heavy atom. The Hall–Kier alpha value is -1.53. The van der Waals surface area contributed by atoms with Gasteiger partial charge in [-0.15, -0.1) is 24.8 Å². The number of hydrogen-bond donors (Lipinski definition) is 0. The molecule has 0 amide bonds. The predicted octanol–water partition coefficient (Wildman–Crippen LogP) is 13.3. The molecule has 0 radical (unpaired) electrons. The van der Waals surface area contributed by atoms with Gasteiger partial charge in [-0.25, -0.2) is 0 Å². The van der Waals surface area contributed by atoms with Gasteiger partial charge in [-0.2, -0.15) is 0 Å². The van der Waals surface area contributed by atoms with Crippen molar-refractivity contribution in [2.45, 2.75) is 150 Å². The second-order valence-corrected chi connectivity index (χ2v) is 35.2. The van der Waals surface area contributed by atoms with E-state index in [2.05, 4.69) is 176 Å². The zero-order valence-electron chi connectivity index (χ0n) is 35.3. The van der Waals surface area contributed by atoms with Crippen LogP contribution in [0.3, 0.4) is 0 Å². The van der Waals surface area contributed by atoms with E-state index < -0.39 is 18.3 Å². The van der Waals surface area contributed by atoms with Crippen LogP contribution in [0.1, 0.15) is 151 Å². The van der Waals surface area contributed by atoms with Gasteiger partial charge >= 0.3 is 304 Å². The first-order valence-electron chi connectivity index (χ1n) is 19.1. The molecule has 0 bridgehead atoms. The van der Waals surface area contributed by atoms with Crippen molar-refractivity contribution in [1.29, 1.82) is 0 Å². The van der Waals surface area contributed by atoms with Crippen molar-refractivity contribution in [1.82, 2.24) is 0 Å². The van der Waals surface area contributed by atoms with E-state index in [0.717, 1.165) is 12.8 Å². The number of benzene rings is 3. The number of hydrogen-bond acceptors (Lipinski definition) is 0. The molecule has 5 rings (SSSR count). The first kappa shape index (κ1) is 43.9. The number of rotatable bonds is 4. The molecule has 0 aromatic heterocycles. The number of allylic oxidation sites excluding steroid dienone is 4. The van der Waals surface area contributed by atoms with Gasteiger partial charge in [0.25, 0.3) is 0 Å². The molecule has 2 aliphatic rings. The summed E-state index contributed by atoms with van der Waals surface area (Å²) in [5, 5.41) is 0. The number of halogens is 2. The van der Waals surface area contributed by atoms with Gasteiger partial charge in [-0.3, -0.25) is 0 Å². The van der Waals surface area contributed by atoms with Gasteiger partial charge in [0.15, 0.2) is 0 Å². The molecule has 0 spiro atoms. The molecule has 0 fully saturated rings. The third-order valence-corrected chi connectivity index (χ3v) is 26.4. The van der Waals surface area contributed by atoms with Crippen LogP contribution < -0.4 is 6.54 Å². The zero-order valence-corrected chi connectivity index (χ0v) is 39.4. The first-order valence-corrected chi connectivity index (χ1v) is 26.9. The fourth-order valence-corrected chi connectivity index (χ4v) is 24.1. The van der Waals surface area contributed by atoms with E-state index in [0.29, 0.717) is 5.92 Å². The maximum absolute atomic E-state index is 5.80. The molecule has 0 heterocycles. The summed E-state index contributed by atoms with van der Waals surface area (Å²) in [5.74, 6) is 0.396. The van der Waals surface area contributed by atoms with Gasteiger partial charge in [0.1, 0.15) is 0 Å².